The normalized spacial score (nSPS) is 13.4. The van der Waals surface area contributed by atoms with Crippen LogP contribution in [0.5, 0.6) is 0 Å². The predicted molar refractivity (Wildman–Crippen MR) is 77.9 cm³/mol. The predicted octanol–water partition coefficient (Wildman–Crippen LogP) is 2.86. The van der Waals surface area contributed by atoms with Gasteiger partial charge in [-0.15, -0.1) is 0 Å². The molecule has 110 valence electrons. The second-order valence-electron chi connectivity index (χ2n) is 4.72. The van der Waals surface area contributed by atoms with Gasteiger partial charge in [0.2, 0.25) is 0 Å². The Morgan fingerprint density at radius 2 is 1.70 bits per heavy atom. The third-order valence-electron chi connectivity index (χ3n) is 3.48. The number of nitrogens with zero attached hydrogens (tertiary/aromatic N) is 2. The van der Waals surface area contributed by atoms with Gasteiger partial charge in [0, 0.05) is 19.1 Å². The van der Waals surface area contributed by atoms with Gasteiger partial charge in [-0.05, 0) is 25.5 Å². The molecule has 0 aliphatic rings. The number of hydrogen-bond acceptors (Lipinski definition) is 2. The van der Waals surface area contributed by atoms with Gasteiger partial charge in [-0.3, -0.25) is 0 Å². The van der Waals surface area contributed by atoms with E-state index < -0.39 is 12.0 Å². The topological polar surface area (TPSA) is 60.9 Å². The molecule has 0 aromatic heterocycles. The van der Waals surface area contributed by atoms with E-state index in [9.17, 15) is 9.59 Å². The van der Waals surface area contributed by atoms with Crippen LogP contribution in [0.15, 0.2) is 24.3 Å². The van der Waals surface area contributed by atoms with E-state index in [1.165, 1.54) is 23.8 Å². The summed E-state index contributed by atoms with van der Waals surface area (Å²) in [6, 6.07) is 5.76. The maximum atomic E-state index is 12.3. The van der Waals surface area contributed by atoms with Crippen molar-refractivity contribution in [1.29, 1.82) is 0 Å². The quantitative estimate of drug-likeness (QED) is 0.930. The number of rotatable bonds is 4. The summed E-state index contributed by atoms with van der Waals surface area (Å²) in [5, 5.41) is 9.53. The Balaban J connectivity index is 2.89. The summed E-state index contributed by atoms with van der Waals surface area (Å²) in [5.74, 6) is -1.04. The molecule has 1 aromatic rings. The first kappa shape index (κ1) is 16.3. The van der Waals surface area contributed by atoms with Crippen molar-refractivity contribution in [3.8, 4) is 0 Å². The molecule has 0 spiro atoms. The summed E-state index contributed by atoms with van der Waals surface area (Å²) in [6.07, 6.45) is 0. The third-order valence-corrected chi connectivity index (χ3v) is 3.82. The van der Waals surface area contributed by atoms with E-state index in [-0.39, 0.29) is 12.1 Å². The minimum absolute atomic E-state index is 0.250. The van der Waals surface area contributed by atoms with Crippen molar-refractivity contribution in [2.24, 2.45) is 0 Å². The molecule has 0 heterocycles. The van der Waals surface area contributed by atoms with E-state index in [0.29, 0.717) is 5.02 Å². The molecule has 0 aliphatic carbocycles. The first-order valence-electron chi connectivity index (χ1n) is 6.24. The van der Waals surface area contributed by atoms with Crippen LogP contribution in [0.25, 0.3) is 0 Å². The molecule has 2 atom stereocenters. The first-order valence-corrected chi connectivity index (χ1v) is 6.62. The summed E-state index contributed by atoms with van der Waals surface area (Å²) in [4.78, 5) is 25.9. The molecular weight excluding hydrogens is 280 g/mol. The van der Waals surface area contributed by atoms with Crippen molar-refractivity contribution < 1.29 is 14.7 Å². The number of carbonyl (C=O) groups is 2. The zero-order chi connectivity index (χ0) is 15.4. The van der Waals surface area contributed by atoms with E-state index in [2.05, 4.69) is 0 Å². The van der Waals surface area contributed by atoms with Crippen molar-refractivity contribution >= 4 is 23.6 Å². The minimum Gasteiger partial charge on any atom is -0.480 e. The molecule has 20 heavy (non-hydrogen) atoms. The van der Waals surface area contributed by atoms with Crippen LogP contribution in [0.1, 0.15) is 25.5 Å². The molecule has 5 nitrogen and oxygen atoms in total. The summed E-state index contributed by atoms with van der Waals surface area (Å²) < 4.78 is 0. The number of likely N-dealkylation sites (N-methyl/N-ethyl adjacent to an activating group) is 1. The number of aliphatic carboxylic acids is 1. The monoisotopic (exact) mass is 298 g/mol. The Hall–Kier alpha value is -1.75. The van der Waals surface area contributed by atoms with Crippen LogP contribution in [0.2, 0.25) is 5.02 Å². The Bertz CT molecular complexity index is 507. The molecule has 0 saturated heterocycles. The van der Waals surface area contributed by atoms with Gasteiger partial charge in [0.05, 0.1) is 6.04 Å². The third kappa shape index (κ3) is 3.42. The number of carboxylic acids is 1. The van der Waals surface area contributed by atoms with E-state index in [0.717, 1.165) is 5.56 Å². The van der Waals surface area contributed by atoms with Gasteiger partial charge < -0.3 is 14.9 Å². The lowest BCUT2D eigenvalue weighted by Gasteiger charge is -2.32. The highest BCUT2D eigenvalue weighted by atomic mass is 35.5. The molecule has 2 unspecified atom stereocenters. The van der Waals surface area contributed by atoms with Crippen LogP contribution >= 0.6 is 11.6 Å². The Morgan fingerprint density at radius 1 is 1.15 bits per heavy atom. The maximum absolute atomic E-state index is 12.3. The zero-order valence-electron chi connectivity index (χ0n) is 12.0. The van der Waals surface area contributed by atoms with E-state index in [1.807, 2.05) is 25.1 Å². The first-order chi connectivity index (χ1) is 9.27. The molecule has 0 fully saturated rings. The fraction of sp³-hybridized carbons (Fsp3) is 0.429. The number of carbonyl (C=O) groups excluding carboxylic acids is 1. The number of carboxylic acid groups (broad SMARTS) is 1. The second kappa shape index (κ2) is 6.61. The number of halogens is 1. The largest absolute Gasteiger partial charge is 0.480 e. The molecular formula is C14H19ClN2O3. The molecule has 2 amide bonds. The Kier molecular flexibility index (Phi) is 5.39. The lowest BCUT2D eigenvalue weighted by molar-refractivity contribution is -0.141. The van der Waals surface area contributed by atoms with Crippen molar-refractivity contribution in [3.63, 3.8) is 0 Å². The minimum atomic E-state index is -1.04. The summed E-state index contributed by atoms with van der Waals surface area (Å²) in [6.45, 7) is 3.31. The number of benzene rings is 1. The van der Waals surface area contributed by atoms with Crippen LogP contribution in [0.3, 0.4) is 0 Å². The van der Waals surface area contributed by atoms with Crippen molar-refractivity contribution in [3.05, 3.63) is 34.9 Å². The molecule has 0 saturated carbocycles. The smallest absolute Gasteiger partial charge is 0.326 e. The number of urea groups is 1. The Morgan fingerprint density at radius 3 is 2.20 bits per heavy atom. The van der Waals surface area contributed by atoms with E-state index in [4.69, 9.17) is 16.7 Å². The lowest BCUT2D eigenvalue weighted by Crippen LogP contribution is -2.47. The number of hydrogen-bond donors (Lipinski definition) is 1. The highest BCUT2D eigenvalue weighted by Crippen LogP contribution is 2.26. The Labute approximate surface area is 123 Å². The molecule has 6 heteroatoms. The van der Waals surface area contributed by atoms with Crippen LogP contribution in [-0.2, 0) is 4.79 Å². The van der Waals surface area contributed by atoms with Crippen molar-refractivity contribution in [2.75, 3.05) is 14.1 Å². The van der Waals surface area contributed by atoms with Crippen molar-refractivity contribution in [1.82, 2.24) is 9.80 Å². The average Bonchev–Trinajstić information content (AvgIpc) is 2.43. The second-order valence-corrected chi connectivity index (χ2v) is 5.12. The standard InChI is InChI=1S/C14H19ClN2O3/c1-9(11-7-5-6-8-12(11)15)16(3)14(20)17(4)10(2)13(18)19/h5-10H,1-4H3,(H,18,19). The molecule has 0 radical (unpaired) electrons. The van der Waals surface area contributed by atoms with Gasteiger partial charge >= 0.3 is 12.0 Å². The molecule has 1 aromatic carbocycles. The zero-order valence-corrected chi connectivity index (χ0v) is 12.8. The van der Waals surface area contributed by atoms with E-state index >= 15 is 0 Å². The van der Waals surface area contributed by atoms with Gasteiger partial charge in [0.25, 0.3) is 0 Å². The van der Waals surface area contributed by atoms with Crippen LogP contribution in [0, 0.1) is 0 Å². The number of amides is 2. The summed E-state index contributed by atoms with van der Waals surface area (Å²) >= 11 is 6.11. The highest BCUT2D eigenvalue weighted by molar-refractivity contribution is 6.31. The summed E-state index contributed by atoms with van der Waals surface area (Å²) in [5.41, 5.74) is 0.821. The molecule has 1 rings (SSSR count). The van der Waals surface area contributed by atoms with Gasteiger partial charge in [0.15, 0.2) is 0 Å². The lowest BCUT2D eigenvalue weighted by atomic mass is 10.1. The fourth-order valence-electron chi connectivity index (χ4n) is 1.77. The van der Waals surface area contributed by atoms with Crippen LogP contribution < -0.4 is 0 Å². The molecule has 0 aliphatic heterocycles. The summed E-state index contributed by atoms with van der Waals surface area (Å²) in [7, 11) is 3.10. The van der Waals surface area contributed by atoms with Gasteiger partial charge in [-0.25, -0.2) is 9.59 Å². The fourth-order valence-corrected chi connectivity index (χ4v) is 2.06. The van der Waals surface area contributed by atoms with Crippen LogP contribution in [0.4, 0.5) is 4.79 Å². The van der Waals surface area contributed by atoms with Gasteiger partial charge in [-0.2, -0.15) is 0 Å². The van der Waals surface area contributed by atoms with Crippen molar-refractivity contribution in [2.45, 2.75) is 25.9 Å². The highest BCUT2D eigenvalue weighted by Gasteiger charge is 2.27. The SMILES string of the molecule is CC(C(=O)O)N(C)C(=O)N(C)C(C)c1ccccc1Cl. The maximum Gasteiger partial charge on any atom is 0.326 e. The van der Waals surface area contributed by atoms with Crippen LogP contribution in [-0.4, -0.2) is 47.0 Å². The van der Waals surface area contributed by atoms with Gasteiger partial charge in [-0.1, -0.05) is 29.8 Å². The molecule has 1 N–H and O–H groups in total. The van der Waals surface area contributed by atoms with E-state index in [1.54, 1.807) is 13.1 Å². The molecule has 0 bridgehead atoms. The van der Waals surface area contributed by atoms with Gasteiger partial charge in [0.1, 0.15) is 6.04 Å². The average molecular weight is 299 g/mol.